The smallest absolute Gasteiger partial charge is 0.331 e. The van der Waals surface area contributed by atoms with E-state index in [1.165, 1.54) is 12.1 Å². The van der Waals surface area contributed by atoms with Crippen LogP contribution in [0, 0.1) is 5.82 Å². The predicted molar refractivity (Wildman–Crippen MR) is 78.5 cm³/mol. The average molecular weight is 303 g/mol. The van der Waals surface area contributed by atoms with Gasteiger partial charge in [0.15, 0.2) is 12.4 Å². The van der Waals surface area contributed by atoms with Gasteiger partial charge in [0.1, 0.15) is 5.82 Å². The Kier molecular flexibility index (Phi) is 4.62. The number of ether oxygens (including phenoxy) is 1. The monoisotopic (exact) mass is 303 g/mol. The number of nitrogens with two attached hydrogens (primary N) is 2. The first kappa shape index (κ1) is 15.4. The highest BCUT2D eigenvalue weighted by Gasteiger charge is 2.08. The molecule has 0 radical (unpaired) electrons. The number of benzene rings is 1. The van der Waals surface area contributed by atoms with E-state index in [4.69, 9.17) is 16.2 Å². The zero-order valence-corrected chi connectivity index (χ0v) is 11.8. The van der Waals surface area contributed by atoms with E-state index in [-0.39, 0.29) is 24.3 Å². The molecule has 7 nitrogen and oxygen atoms in total. The lowest BCUT2D eigenvalue weighted by atomic mass is 10.1. The lowest BCUT2D eigenvalue weighted by molar-refractivity contribution is -0.139. The molecule has 1 aromatic heterocycles. The van der Waals surface area contributed by atoms with Crippen molar-refractivity contribution in [3.8, 4) is 0 Å². The van der Waals surface area contributed by atoms with E-state index in [2.05, 4.69) is 15.0 Å². The van der Waals surface area contributed by atoms with Crippen LogP contribution < -0.4 is 11.5 Å². The number of nitrogen functional groups attached to an aromatic ring is 2. The minimum atomic E-state index is -0.654. The Morgan fingerprint density at radius 3 is 2.50 bits per heavy atom. The first-order valence-corrected chi connectivity index (χ1v) is 6.31. The van der Waals surface area contributed by atoms with Crippen molar-refractivity contribution in [1.29, 1.82) is 0 Å². The lowest BCUT2D eigenvalue weighted by Gasteiger charge is -2.05. The Balaban J connectivity index is 2.03. The zero-order chi connectivity index (χ0) is 16.1. The maximum Gasteiger partial charge on any atom is 0.331 e. The van der Waals surface area contributed by atoms with Crippen LogP contribution in [0.3, 0.4) is 0 Å². The largest absolute Gasteiger partial charge is 0.454 e. The number of anilines is 2. The van der Waals surface area contributed by atoms with E-state index in [0.717, 1.165) is 0 Å². The molecule has 0 saturated carbocycles. The number of halogens is 1. The molecule has 0 bridgehead atoms. The van der Waals surface area contributed by atoms with Crippen molar-refractivity contribution in [2.75, 3.05) is 11.5 Å². The molecule has 8 heteroatoms. The summed E-state index contributed by atoms with van der Waals surface area (Å²) in [5.41, 5.74) is 11.6. The molecule has 0 unspecified atom stereocenters. The molecule has 4 N–H and O–H groups in total. The van der Waals surface area contributed by atoms with Gasteiger partial charge in [-0.1, -0.05) is 18.2 Å². The van der Waals surface area contributed by atoms with Crippen molar-refractivity contribution in [2.45, 2.75) is 13.5 Å². The number of nitrogens with zero attached hydrogens (tertiary/aromatic N) is 3. The maximum absolute atomic E-state index is 13.6. The summed E-state index contributed by atoms with van der Waals surface area (Å²) >= 11 is 0. The van der Waals surface area contributed by atoms with Gasteiger partial charge in [-0.2, -0.15) is 15.0 Å². The van der Waals surface area contributed by atoms with Crippen LogP contribution in [0.15, 0.2) is 30.3 Å². The van der Waals surface area contributed by atoms with Crippen LogP contribution in [0.1, 0.15) is 18.3 Å². The fraction of sp³-hybridized carbons (Fsp3) is 0.143. The van der Waals surface area contributed by atoms with Gasteiger partial charge in [0, 0.05) is 11.6 Å². The van der Waals surface area contributed by atoms with Gasteiger partial charge in [-0.3, -0.25) is 0 Å². The summed E-state index contributed by atoms with van der Waals surface area (Å²) in [7, 11) is 0. The van der Waals surface area contributed by atoms with Crippen molar-refractivity contribution in [2.24, 2.45) is 0 Å². The second-order valence-electron chi connectivity index (χ2n) is 4.38. The third-order valence-corrected chi connectivity index (χ3v) is 2.69. The molecule has 2 rings (SSSR count). The molecule has 1 aromatic carbocycles. The Labute approximate surface area is 125 Å². The van der Waals surface area contributed by atoms with Gasteiger partial charge in [0.2, 0.25) is 11.9 Å². The van der Waals surface area contributed by atoms with Gasteiger partial charge in [0.25, 0.3) is 0 Å². The molecule has 114 valence electrons. The number of esters is 1. The quantitative estimate of drug-likeness (QED) is 0.646. The van der Waals surface area contributed by atoms with Crippen molar-refractivity contribution in [3.63, 3.8) is 0 Å². The van der Waals surface area contributed by atoms with Crippen LogP contribution in [-0.2, 0) is 16.1 Å². The standard InChI is InChI=1S/C14H14FN5O2/c1-8(9-4-2-3-5-10(9)15)6-12(21)22-7-11-18-13(16)20-14(17)19-11/h2-6H,7H2,1H3,(H4,16,17,18,19,20)/b8-6-. The number of hydrogen-bond donors (Lipinski definition) is 2. The predicted octanol–water partition coefficient (Wildman–Crippen LogP) is 1.32. The van der Waals surface area contributed by atoms with Crippen molar-refractivity contribution >= 4 is 23.4 Å². The highest BCUT2D eigenvalue weighted by Crippen LogP contribution is 2.17. The number of aromatic nitrogens is 3. The molecule has 0 aliphatic rings. The van der Waals surface area contributed by atoms with Crippen LogP contribution in [-0.4, -0.2) is 20.9 Å². The van der Waals surface area contributed by atoms with Crippen LogP contribution in [0.5, 0.6) is 0 Å². The maximum atomic E-state index is 13.6. The average Bonchev–Trinajstić information content (AvgIpc) is 2.44. The summed E-state index contributed by atoms with van der Waals surface area (Å²) in [5.74, 6) is -1.05. The molecule has 0 fully saturated rings. The Bertz CT molecular complexity index is 713. The number of rotatable bonds is 4. The van der Waals surface area contributed by atoms with Crippen molar-refractivity contribution in [3.05, 3.63) is 47.5 Å². The fourth-order valence-corrected chi connectivity index (χ4v) is 1.73. The first-order chi connectivity index (χ1) is 10.5. The fourth-order valence-electron chi connectivity index (χ4n) is 1.73. The van der Waals surface area contributed by atoms with Gasteiger partial charge in [-0.15, -0.1) is 0 Å². The van der Waals surface area contributed by atoms with Crippen LogP contribution >= 0.6 is 0 Å². The van der Waals surface area contributed by atoms with Gasteiger partial charge in [-0.25, -0.2) is 9.18 Å². The zero-order valence-electron chi connectivity index (χ0n) is 11.8. The molecule has 1 heterocycles. The molecule has 2 aromatic rings. The Morgan fingerprint density at radius 1 is 1.23 bits per heavy atom. The number of hydrogen-bond acceptors (Lipinski definition) is 7. The number of allylic oxidation sites excluding steroid dienone is 1. The minimum absolute atomic E-state index is 0.0587. The minimum Gasteiger partial charge on any atom is -0.454 e. The molecule has 0 aliphatic carbocycles. The number of carbonyl (C=O) groups excluding carboxylic acids is 1. The highest BCUT2D eigenvalue weighted by molar-refractivity contribution is 5.90. The third-order valence-electron chi connectivity index (χ3n) is 2.69. The Hall–Kier alpha value is -3.03. The van der Waals surface area contributed by atoms with E-state index in [9.17, 15) is 9.18 Å². The summed E-state index contributed by atoms with van der Waals surface area (Å²) in [6, 6.07) is 6.13. The molecule has 0 amide bonds. The van der Waals surface area contributed by atoms with Crippen molar-refractivity contribution in [1.82, 2.24) is 15.0 Å². The lowest BCUT2D eigenvalue weighted by Crippen LogP contribution is -2.10. The number of carbonyl (C=O) groups is 1. The van der Waals surface area contributed by atoms with Gasteiger partial charge in [-0.05, 0) is 18.6 Å². The summed E-state index contributed by atoms with van der Waals surface area (Å²) in [5, 5.41) is 0. The summed E-state index contributed by atoms with van der Waals surface area (Å²) in [6.45, 7) is 1.40. The van der Waals surface area contributed by atoms with Crippen molar-refractivity contribution < 1.29 is 13.9 Å². The molecule has 0 atom stereocenters. The summed E-state index contributed by atoms with van der Waals surface area (Å²) < 4.78 is 18.6. The second kappa shape index (κ2) is 6.61. The van der Waals surface area contributed by atoms with Gasteiger partial charge >= 0.3 is 5.97 Å². The summed E-state index contributed by atoms with van der Waals surface area (Å²) in [6.07, 6.45) is 1.19. The van der Waals surface area contributed by atoms with Crippen LogP contribution in [0.4, 0.5) is 16.3 Å². The van der Waals surface area contributed by atoms with E-state index in [1.54, 1.807) is 25.1 Å². The molecular weight excluding hydrogens is 289 g/mol. The third kappa shape index (κ3) is 3.98. The molecule has 22 heavy (non-hydrogen) atoms. The normalized spacial score (nSPS) is 11.3. The van der Waals surface area contributed by atoms with Crippen LogP contribution in [0.25, 0.3) is 5.57 Å². The van der Waals surface area contributed by atoms with E-state index >= 15 is 0 Å². The molecule has 0 spiro atoms. The Morgan fingerprint density at radius 2 is 1.86 bits per heavy atom. The van der Waals surface area contributed by atoms with Crippen LogP contribution in [0.2, 0.25) is 0 Å². The SMILES string of the molecule is C/C(=C/C(=O)OCc1nc(N)nc(N)n1)c1ccccc1F. The highest BCUT2D eigenvalue weighted by atomic mass is 19.1. The van der Waals surface area contributed by atoms with E-state index < -0.39 is 11.8 Å². The van der Waals surface area contributed by atoms with E-state index in [1.807, 2.05) is 0 Å². The second-order valence-corrected chi connectivity index (χ2v) is 4.38. The topological polar surface area (TPSA) is 117 Å². The molecular formula is C14H14FN5O2. The van der Waals surface area contributed by atoms with Gasteiger partial charge < -0.3 is 16.2 Å². The summed E-state index contributed by atoms with van der Waals surface area (Å²) in [4.78, 5) is 22.9. The molecule has 0 aliphatic heterocycles. The van der Waals surface area contributed by atoms with Gasteiger partial charge in [0.05, 0.1) is 0 Å². The molecule has 0 saturated heterocycles. The first-order valence-electron chi connectivity index (χ1n) is 6.31. The van der Waals surface area contributed by atoms with E-state index in [0.29, 0.717) is 11.1 Å².